The highest BCUT2D eigenvalue weighted by Crippen LogP contribution is 2.29. The van der Waals surface area contributed by atoms with Gasteiger partial charge in [0.15, 0.2) is 0 Å². The summed E-state index contributed by atoms with van der Waals surface area (Å²) in [5.74, 6) is 0.743. The summed E-state index contributed by atoms with van der Waals surface area (Å²) in [6.45, 7) is 1.92. The van der Waals surface area contributed by atoms with Gasteiger partial charge in [0.05, 0.1) is 23.0 Å². The fourth-order valence-electron chi connectivity index (χ4n) is 1.01. The quantitative estimate of drug-likeness (QED) is 0.506. The van der Waals surface area contributed by atoms with E-state index in [1.807, 2.05) is 6.92 Å². The van der Waals surface area contributed by atoms with Gasteiger partial charge < -0.3 is 12.7 Å². The van der Waals surface area contributed by atoms with Crippen molar-refractivity contribution in [2.24, 2.45) is 0 Å². The molecule has 0 aliphatic carbocycles. The second-order valence-electron chi connectivity index (χ2n) is 3.30. The molecule has 0 aliphatic rings. The van der Waals surface area contributed by atoms with E-state index in [9.17, 15) is 5.02 Å². The third-order valence-electron chi connectivity index (χ3n) is 1.59. The first-order valence-electron chi connectivity index (χ1n) is 4.24. The van der Waals surface area contributed by atoms with E-state index in [4.69, 9.17) is 7.72 Å². The Morgan fingerprint density at radius 3 is 2.27 bits per heavy atom. The van der Waals surface area contributed by atoms with Gasteiger partial charge in [0.1, 0.15) is 10.8 Å². The predicted octanol–water partition coefficient (Wildman–Crippen LogP) is 1.54. The van der Waals surface area contributed by atoms with Crippen LogP contribution in [0.15, 0.2) is 24.3 Å². The van der Waals surface area contributed by atoms with Crippen LogP contribution in [0, 0.1) is 0 Å². The van der Waals surface area contributed by atoms with Crippen molar-refractivity contribution in [3.8, 4) is 5.75 Å². The van der Waals surface area contributed by atoms with Crippen molar-refractivity contribution in [3.05, 3.63) is 24.3 Å². The molecule has 0 aliphatic heterocycles. The molecular formula is C8H12BIO3P2. The highest BCUT2D eigenvalue weighted by atomic mass is 127. The van der Waals surface area contributed by atoms with E-state index in [-0.39, 0.29) is 5.08 Å². The largest absolute Gasteiger partial charge is 0.500 e. The molecule has 2 atom stereocenters. The lowest BCUT2D eigenvalue weighted by Gasteiger charge is -2.20. The molecule has 0 saturated carbocycles. The Bertz CT molecular complexity index is 315. The van der Waals surface area contributed by atoms with Crippen molar-refractivity contribution in [3.63, 3.8) is 0 Å². The second-order valence-corrected chi connectivity index (χ2v) is 6.76. The maximum absolute atomic E-state index is 9.37. The number of hydrogen-bond donors (Lipinski definition) is 1. The Kier molecular flexibility index (Phi) is 5.27. The molecular weight excluding hydrogens is 344 g/mol. The van der Waals surface area contributed by atoms with Gasteiger partial charge in [-0.05, 0) is 24.5 Å². The van der Waals surface area contributed by atoms with Crippen molar-refractivity contribution in [1.29, 1.82) is 0 Å². The zero-order valence-corrected chi connectivity index (χ0v) is 12.7. The van der Waals surface area contributed by atoms with E-state index in [0.717, 1.165) is 5.75 Å². The van der Waals surface area contributed by atoms with E-state index < -0.39 is 7.12 Å². The first-order valence-corrected chi connectivity index (χ1v) is 6.28. The summed E-state index contributed by atoms with van der Waals surface area (Å²) >= 11 is 1.66. The van der Waals surface area contributed by atoms with Crippen LogP contribution in [0.1, 0.15) is 6.92 Å². The van der Waals surface area contributed by atoms with Crippen LogP contribution >= 0.6 is 41.5 Å². The summed E-state index contributed by atoms with van der Waals surface area (Å²) in [6, 6.07) is 7.11. The maximum Gasteiger partial charge on any atom is 0.500 e. The third-order valence-corrected chi connectivity index (χ3v) is 2.30. The molecule has 0 saturated heterocycles. The lowest BCUT2D eigenvalue weighted by Crippen LogP contribution is -2.30. The monoisotopic (exact) mass is 356 g/mol. The zero-order chi connectivity index (χ0) is 11.5. The smallest absolute Gasteiger partial charge is 0.480 e. The Morgan fingerprint density at radius 1 is 1.33 bits per heavy atom. The summed E-state index contributed by atoms with van der Waals surface area (Å²) in [4.78, 5) is 0. The van der Waals surface area contributed by atoms with Gasteiger partial charge in [-0.3, -0.25) is 0 Å². The van der Waals surface area contributed by atoms with E-state index in [2.05, 4.69) is 18.5 Å². The average Bonchev–Trinajstić information content (AvgIpc) is 2.15. The minimum Gasteiger partial charge on any atom is -0.480 e. The number of benzene rings is 1. The zero-order valence-electron chi connectivity index (χ0n) is 8.18. The molecule has 82 valence electrons. The minimum absolute atomic E-state index is 0.375. The molecule has 0 heterocycles. The first-order chi connectivity index (χ1) is 6.92. The summed E-state index contributed by atoms with van der Waals surface area (Å²) in [6.07, 6.45) is 0. The fraction of sp³-hybridized carbons (Fsp3) is 0.250. The molecule has 2 unspecified atom stereocenters. The van der Waals surface area contributed by atoms with Crippen LogP contribution in [-0.2, 0) is 2.98 Å². The number of hydrogen-bond acceptors (Lipinski definition) is 3. The van der Waals surface area contributed by atoms with Crippen molar-refractivity contribution in [2.75, 3.05) is 0 Å². The molecule has 0 radical (unpaired) electrons. The Morgan fingerprint density at radius 2 is 1.87 bits per heavy atom. The Labute approximate surface area is 109 Å². The van der Waals surface area contributed by atoms with Gasteiger partial charge in [-0.2, -0.15) is 0 Å². The molecule has 1 rings (SSSR count). The standard InChI is InChI=1S/C8H12BIO3P2/c1-8(14,15)12-7-4-2-6(3-5-7)9(11)13-10/h2-5,11H,14-15H2,1H3. The predicted molar refractivity (Wildman–Crippen MR) is 77.6 cm³/mol. The SMILES string of the molecule is CC(P)(P)Oc1ccc(B(O)OI)cc1. The Hall–Kier alpha value is 0.595. The molecule has 0 fully saturated rings. The summed E-state index contributed by atoms with van der Waals surface area (Å²) in [5, 5.41) is 9.00. The number of ether oxygens (including phenoxy) is 1. The van der Waals surface area contributed by atoms with Gasteiger partial charge in [0, 0.05) is 0 Å². The summed E-state index contributed by atoms with van der Waals surface area (Å²) in [5.41, 5.74) is 0.700. The molecule has 3 nitrogen and oxygen atoms in total. The maximum atomic E-state index is 9.37. The fourth-order valence-corrected chi connectivity index (χ4v) is 1.57. The average molecular weight is 356 g/mol. The second kappa shape index (κ2) is 5.78. The highest BCUT2D eigenvalue weighted by Gasteiger charge is 2.16. The molecule has 1 aromatic rings. The van der Waals surface area contributed by atoms with Crippen molar-refractivity contribution in [1.82, 2.24) is 0 Å². The molecule has 0 aromatic heterocycles. The van der Waals surface area contributed by atoms with Crippen molar-refractivity contribution in [2.45, 2.75) is 12.0 Å². The lowest BCUT2D eigenvalue weighted by atomic mass is 9.80. The van der Waals surface area contributed by atoms with Crippen molar-refractivity contribution < 1.29 is 12.7 Å². The van der Waals surface area contributed by atoms with E-state index in [1.54, 1.807) is 47.3 Å². The van der Waals surface area contributed by atoms with Gasteiger partial charge in [-0.15, -0.1) is 0 Å². The molecule has 0 spiro atoms. The lowest BCUT2D eigenvalue weighted by molar-refractivity contribution is 0.275. The molecule has 15 heavy (non-hydrogen) atoms. The minimum atomic E-state index is -0.891. The summed E-state index contributed by atoms with van der Waals surface area (Å²) in [7, 11) is 4.25. The van der Waals surface area contributed by atoms with Gasteiger partial charge in [0.2, 0.25) is 0 Å². The number of rotatable bonds is 4. The molecule has 0 bridgehead atoms. The molecule has 7 heteroatoms. The molecule has 1 aromatic carbocycles. The van der Waals surface area contributed by atoms with Crippen molar-refractivity contribution >= 4 is 54.1 Å². The normalized spacial score (nSPS) is 11.3. The first kappa shape index (κ1) is 13.7. The van der Waals surface area contributed by atoms with Gasteiger partial charge in [-0.1, -0.05) is 30.6 Å². The molecule has 0 amide bonds. The summed E-state index contributed by atoms with van der Waals surface area (Å²) < 4.78 is 10.3. The van der Waals surface area contributed by atoms with E-state index in [1.165, 1.54) is 0 Å². The molecule has 1 N–H and O–H groups in total. The topological polar surface area (TPSA) is 38.7 Å². The van der Waals surface area contributed by atoms with Crippen LogP contribution in [0.4, 0.5) is 0 Å². The van der Waals surface area contributed by atoms with Crippen LogP contribution in [0.25, 0.3) is 0 Å². The third kappa shape index (κ3) is 4.96. The van der Waals surface area contributed by atoms with Crippen LogP contribution in [0.5, 0.6) is 5.75 Å². The van der Waals surface area contributed by atoms with Gasteiger partial charge in [0.25, 0.3) is 0 Å². The van der Waals surface area contributed by atoms with Crippen LogP contribution < -0.4 is 10.2 Å². The van der Waals surface area contributed by atoms with Crippen LogP contribution in [0.3, 0.4) is 0 Å². The number of halogens is 1. The Balaban J connectivity index is 2.72. The van der Waals surface area contributed by atoms with E-state index >= 15 is 0 Å². The van der Waals surface area contributed by atoms with Gasteiger partial charge >= 0.3 is 7.12 Å². The van der Waals surface area contributed by atoms with E-state index in [0.29, 0.717) is 5.46 Å². The highest BCUT2D eigenvalue weighted by molar-refractivity contribution is 14.1. The van der Waals surface area contributed by atoms with Crippen LogP contribution in [0.2, 0.25) is 0 Å². The van der Waals surface area contributed by atoms with Crippen LogP contribution in [-0.4, -0.2) is 17.2 Å². The van der Waals surface area contributed by atoms with Gasteiger partial charge in [-0.25, -0.2) is 0 Å².